The first-order chi connectivity index (χ1) is 14.9. The van der Waals surface area contributed by atoms with Crippen LogP contribution in [0.4, 0.5) is 0 Å². The van der Waals surface area contributed by atoms with Gasteiger partial charge in [0, 0.05) is 28.6 Å². The van der Waals surface area contributed by atoms with Crippen molar-refractivity contribution in [2.24, 2.45) is 0 Å². The number of nitrogens with zero attached hydrogens (tertiary/aromatic N) is 2. The molecule has 1 heterocycles. The number of hydrogen-bond acceptors (Lipinski definition) is 1. The molecule has 0 aliphatic heterocycles. The van der Waals surface area contributed by atoms with Gasteiger partial charge in [0.1, 0.15) is 5.82 Å². The largest absolute Gasteiger partial charge is 0.323 e. The van der Waals surface area contributed by atoms with Crippen LogP contribution in [0.2, 0.25) is 0 Å². The van der Waals surface area contributed by atoms with Gasteiger partial charge in [-0.3, -0.25) is 0 Å². The van der Waals surface area contributed by atoms with Gasteiger partial charge in [-0.05, 0) is 12.8 Å². The van der Waals surface area contributed by atoms with Crippen LogP contribution in [-0.4, -0.2) is 14.9 Å². The molecule has 30 heavy (non-hydrogen) atoms. The Balaban J connectivity index is 1.84. The standard InChI is InChI=1S/C27H27BrN2/c28-20-12-1-2-13-21-30-26(23-16-8-4-9-17-23)25(22-14-6-3-7-15-22)29-27(30)24-18-10-5-11-19-24/h3-11,14-19H,1-2,12-13,20-21H2. The second kappa shape index (κ2) is 10.4. The van der Waals surface area contributed by atoms with Gasteiger partial charge in [-0.15, -0.1) is 0 Å². The van der Waals surface area contributed by atoms with Gasteiger partial charge in [-0.2, -0.15) is 0 Å². The van der Waals surface area contributed by atoms with Gasteiger partial charge in [0.15, 0.2) is 0 Å². The van der Waals surface area contributed by atoms with E-state index in [2.05, 4.69) is 111 Å². The molecule has 1 aromatic heterocycles. The molecule has 4 aromatic rings. The molecule has 3 heteroatoms. The Morgan fingerprint density at radius 3 is 1.73 bits per heavy atom. The third kappa shape index (κ3) is 4.73. The molecule has 0 saturated carbocycles. The van der Waals surface area contributed by atoms with Crippen LogP contribution < -0.4 is 0 Å². The Hall–Kier alpha value is -2.65. The summed E-state index contributed by atoms with van der Waals surface area (Å²) in [6, 6.07) is 31.8. The van der Waals surface area contributed by atoms with Crippen molar-refractivity contribution in [2.75, 3.05) is 5.33 Å². The van der Waals surface area contributed by atoms with Crippen LogP contribution in [0, 0.1) is 0 Å². The molecule has 0 spiro atoms. The fraction of sp³-hybridized carbons (Fsp3) is 0.222. The first-order valence-corrected chi connectivity index (χ1v) is 11.8. The van der Waals surface area contributed by atoms with Crippen LogP contribution in [0.3, 0.4) is 0 Å². The monoisotopic (exact) mass is 458 g/mol. The van der Waals surface area contributed by atoms with Gasteiger partial charge < -0.3 is 4.57 Å². The molecule has 0 aliphatic rings. The van der Waals surface area contributed by atoms with Crippen molar-refractivity contribution in [3.63, 3.8) is 0 Å². The molecule has 0 atom stereocenters. The highest BCUT2D eigenvalue weighted by Gasteiger charge is 2.20. The summed E-state index contributed by atoms with van der Waals surface area (Å²) in [5.41, 5.74) is 5.80. The van der Waals surface area contributed by atoms with Crippen molar-refractivity contribution in [2.45, 2.75) is 32.2 Å². The molecule has 0 amide bonds. The van der Waals surface area contributed by atoms with Gasteiger partial charge >= 0.3 is 0 Å². The molecule has 0 bridgehead atoms. The van der Waals surface area contributed by atoms with Crippen molar-refractivity contribution in [3.05, 3.63) is 91.0 Å². The zero-order valence-corrected chi connectivity index (χ0v) is 18.8. The van der Waals surface area contributed by atoms with Crippen molar-refractivity contribution >= 4 is 15.9 Å². The molecular formula is C27H27BrN2. The minimum atomic E-state index is 0.969. The summed E-state index contributed by atoms with van der Waals surface area (Å²) in [6.45, 7) is 0.969. The summed E-state index contributed by atoms with van der Waals surface area (Å²) >= 11 is 3.54. The molecule has 4 rings (SSSR count). The van der Waals surface area contributed by atoms with Crippen LogP contribution in [0.25, 0.3) is 33.9 Å². The Morgan fingerprint density at radius 2 is 1.13 bits per heavy atom. The van der Waals surface area contributed by atoms with Crippen LogP contribution in [0.1, 0.15) is 25.7 Å². The lowest BCUT2D eigenvalue weighted by molar-refractivity contribution is 0.591. The van der Waals surface area contributed by atoms with Crippen LogP contribution in [0.5, 0.6) is 0 Å². The highest BCUT2D eigenvalue weighted by atomic mass is 79.9. The maximum absolute atomic E-state index is 5.20. The Labute approximate surface area is 187 Å². The first-order valence-electron chi connectivity index (χ1n) is 10.7. The molecule has 0 N–H and O–H groups in total. The van der Waals surface area contributed by atoms with E-state index < -0.39 is 0 Å². The molecule has 0 saturated heterocycles. The number of hydrogen-bond donors (Lipinski definition) is 0. The van der Waals surface area contributed by atoms with E-state index in [1.54, 1.807) is 0 Å². The highest BCUT2D eigenvalue weighted by Crippen LogP contribution is 2.36. The summed E-state index contributed by atoms with van der Waals surface area (Å²) in [4.78, 5) is 5.20. The summed E-state index contributed by atoms with van der Waals surface area (Å²) in [5.74, 6) is 1.05. The van der Waals surface area contributed by atoms with Crippen molar-refractivity contribution in [3.8, 4) is 33.9 Å². The molecule has 0 unspecified atom stereocenters. The van der Waals surface area contributed by atoms with E-state index in [1.807, 2.05) is 0 Å². The molecule has 0 radical (unpaired) electrons. The van der Waals surface area contributed by atoms with Gasteiger partial charge in [-0.25, -0.2) is 4.98 Å². The van der Waals surface area contributed by atoms with E-state index in [4.69, 9.17) is 4.98 Å². The van der Waals surface area contributed by atoms with E-state index in [1.165, 1.54) is 30.5 Å². The summed E-state index contributed by atoms with van der Waals surface area (Å²) in [5, 5.41) is 1.08. The second-order valence-electron chi connectivity index (χ2n) is 7.49. The topological polar surface area (TPSA) is 17.8 Å². The number of imidazole rings is 1. The fourth-order valence-electron chi connectivity index (χ4n) is 3.88. The third-order valence-corrected chi connectivity index (χ3v) is 5.92. The average molecular weight is 459 g/mol. The van der Waals surface area contributed by atoms with E-state index >= 15 is 0 Å². The van der Waals surface area contributed by atoms with Crippen molar-refractivity contribution < 1.29 is 0 Å². The summed E-state index contributed by atoms with van der Waals surface area (Å²) < 4.78 is 2.43. The predicted molar refractivity (Wildman–Crippen MR) is 131 cm³/mol. The summed E-state index contributed by atoms with van der Waals surface area (Å²) in [7, 11) is 0. The van der Waals surface area contributed by atoms with Crippen LogP contribution >= 0.6 is 15.9 Å². The number of alkyl halides is 1. The number of unbranched alkanes of at least 4 members (excludes halogenated alkanes) is 3. The fourth-order valence-corrected chi connectivity index (χ4v) is 4.28. The molecule has 3 aromatic carbocycles. The minimum Gasteiger partial charge on any atom is -0.323 e. The molecular weight excluding hydrogens is 432 g/mol. The van der Waals surface area contributed by atoms with Gasteiger partial charge in [-0.1, -0.05) is 120 Å². The maximum Gasteiger partial charge on any atom is 0.141 e. The first kappa shape index (κ1) is 20.6. The SMILES string of the molecule is BrCCCCCCn1c(-c2ccccc2)nc(-c2ccccc2)c1-c1ccccc1. The lowest BCUT2D eigenvalue weighted by Gasteiger charge is -2.13. The molecule has 0 aliphatic carbocycles. The van der Waals surface area contributed by atoms with Crippen LogP contribution in [-0.2, 0) is 6.54 Å². The number of halogens is 1. The third-order valence-electron chi connectivity index (χ3n) is 5.36. The van der Waals surface area contributed by atoms with Crippen molar-refractivity contribution in [1.29, 1.82) is 0 Å². The molecule has 0 fully saturated rings. The summed E-state index contributed by atoms with van der Waals surface area (Å²) in [6.07, 6.45) is 4.87. The van der Waals surface area contributed by atoms with E-state index in [-0.39, 0.29) is 0 Å². The van der Waals surface area contributed by atoms with Gasteiger partial charge in [0.2, 0.25) is 0 Å². The number of aromatic nitrogens is 2. The lowest BCUT2D eigenvalue weighted by Crippen LogP contribution is -2.03. The zero-order chi connectivity index (χ0) is 20.6. The Kier molecular flexibility index (Phi) is 7.15. The predicted octanol–water partition coefficient (Wildman–Crippen LogP) is 7.84. The van der Waals surface area contributed by atoms with Gasteiger partial charge in [0.05, 0.1) is 11.4 Å². The Morgan fingerprint density at radius 1 is 0.600 bits per heavy atom. The van der Waals surface area contributed by atoms with Crippen LogP contribution in [0.15, 0.2) is 91.0 Å². The molecule has 2 nitrogen and oxygen atoms in total. The van der Waals surface area contributed by atoms with E-state index in [0.717, 1.165) is 40.9 Å². The number of rotatable bonds is 9. The molecule has 152 valence electrons. The zero-order valence-electron chi connectivity index (χ0n) is 17.2. The van der Waals surface area contributed by atoms with E-state index in [0.29, 0.717) is 0 Å². The smallest absolute Gasteiger partial charge is 0.141 e. The highest BCUT2D eigenvalue weighted by molar-refractivity contribution is 9.09. The quantitative estimate of drug-likeness (QED) is 0.184. The lowest BCUT2D eigenvalue weighted by atomic mass is 10.0. The second-order valence-corrected chi connectivity index (χ2v) is 8.28. The maximum atomic E-state index is 5.20. The van der Waals surface area contributed by atoms with Gasteiger partial charge in [0.25, 0.3) is 0 Å². The Bertz CT molecular complexity index is 1040. The number of benzene rings is 3. The minimum absolute atomic E-state index is 0.969. The van der Waals surface area contributed by atoms with Crippen molar-refractivity contribution in [1.82, 2.24) is 9.55 Å². The van der Waals surface area contributed by atoms with E-state index in [9.17, 15) is 0 Å². The average Bonchev–Trinajstić information content (AvgIpc) is 3.20. The normalized spacial score (nSPS) is 11.0.